The molecule has 0 saturated carbocycles. The highest BCUT2D eigenvalue weighted by Gasteiger charge is 2.09. The van der Waals surface area contributed by atoms with Crippen LogP contribution in [0, 0.1) is 5.82 Å². The number of nitrogens with zero attached hydrogens (tertiary/aromatic N) is 4. The predicted molar refractivity (Wildman–Crippen MR) is 83.6 cm³/mol. The molecule has 23 heavy (non-hydrogen) atoms. The smallest absolute Gasteiger partial charge is 0.255 e. The van der Waals surface area contributed by atoms with Crippen molar-refractivity contribution < 1.29 is 9.18 Å². The number of carbonyl (C=O) groups excluding carboxylic acids is 1. The lowest BCUT2D eigenvalue weighted by Gasteiger charge is -2.02. The highest BCUT2D eigenvalue weighted by atomic mass is 19.1. The zero-order valence-electron chi connectivity index (χ0n) is 12.6. The summed E-state index contributed by atoms with van der Waals surface area (Å²) >= 11 is 0. The van der Waals surface area contributed by atoms with Crippen molar-refractivity contribution in [2.75, 3.05) is 5.32 Å². The number of amides is 1. The van der Waals surface area contributed by atoms with E-state index in [-0.39, 0.29) is 11.5 Å². The Labute approximate surface area is 132 Å². The van der Waals surface area contributed by atoms with Crippen molar-refractivity contribution in [2.24, 2.45) is 0 Å². The first-order valence-corrected chi connectivity index (χ1v) is 7.25. The number of aryl methyl sites for hydroxylation is 1. The van der Waals surface area contributed by atoms with Gasteiger partial charge in [-0.1, -0.05) is 6.07 Å². The van der Waals surface area contributed by atoms with Crippen molar-refractivity contribution in [2.45, 2.75) is 20.0 Å². The molecule has 0 aliphatic rings. The molecule has 1 N–H and O–H groups in total. The van der Waals surface area contributed by atoms with Gasteiger partial charge in [-0.3, -0.25) is 14.2 Å². The summed E-state index contributed by atoms with van der Waals surface area (Å²) in [7, 11) is 0. The standard InChI is InChI=1S/C16H16FN5O/c1-2-21-9-12(7-18-21)10-22-11-15(8-19-22)20-16(23)13-4-3-5-14(17)6-13/h3-9,11H,2,10H2,1H3,(H,20,23). The van der Waals surface area contributed by atoms with Crippen molar-refractivity contribution in [1.29, 1.82) is 0 Å². The van der Waals surface area contributed by atoms with E-state index >= 15 is 0 Å². The van der Waals surface area contributed by atoms with Crippen LogP contribution in [-0.4, -0.2) is 25.5 Å². The van der Waals surface area contributed by atoms with E-state index in [2.05, 4.69) is 15.5 Å². The minimum absolute atomic E-state index is 0.266. The average molecular weight is 313 g/mol. The summed E-state index contributed by atoms with van der Waals surface area (Å²) < 4.78 is 16.7. The van der Waals surface area contributed by atoms with Crippen LogP contribution in [-0.2, 0) is 13.1 Å². The van der Waals surface area contributed by atoms with E-state index in [4.69, 9.17) is 0 Å². The zero-order chi connectivity index (χ0) is 16.2. The maximum atomic E-state index is 13.1. The molecule has 0 atom stereocenters. The van der Waals surface area contributed by atoms with Gasteiger partial charge in [-0.15, -0.1) is 0 Å². The second-order valence-corrected chi connectivity index (χ2v) is 5.10. The Morgan fingerprint density at radius 1 is 1.22 bits per heavy atom. The Hall–Kier alpha value is -2.96. The molecule has 0 bridgehead atoms. The van der Waals surface area contributed by atoms with Crippen LogP contribution in [0.1, 0.15) is 22.8 Å². The van der Waals surface area contributed by atoms with Gasteiger partial charge < -0.3 is 5.32 Å². The predicted octanol–water partition coefficient (Wildman–Crippen LogP) is 2.54. The van der Waals surface area contributed by atoms with Gasteiger partial charge in [-0.05, 0) is 25.1 Å². The Morgan fingerprint density at radius 2 is 2.04 bits per heavy atom. The molecule has 118 valence electrons. The Bertz CT molecular complexity index is 823. The molecule has 3 rings (SSSR count). The summed E-state index contributed by atoms with van der Waals surface area (Å²) in [5, 5.41) is 11.1. The van der Waals surface area contributed by atoms with E-state index in [9.17, 15) is 9.18 Å². The number of hydrogen-bond acceptors (Lipinski definition) is 3. The summed E-state index contributed by atoms with van der Waals surface area (Å²) in [6, 6.07) is 5.55. The Balaban J connectivity index is 1.66. The van der Waals surface area contributed by atoms with Gasteiger partial charge in [0.2, 0.25) is 0 Å². The minimum Gasteiger partial charge on any atom is -0.319 e. The van der Waals surface area contributed by atoms with Gasteiger partial charge in [0, 0.05) is 30.1 Å². The van der Waals surface area contributed by atoms with Crippen molar-refractivity contribution in [3.05, 3.63) is 66.0 Å². The first kappa shape index (κ1) is 15.0. The molecule has 0 aliphatic heterocycles. The molecule has 0 saturated heterocycles. The quantitative estimate of drug-likeness (QED) is 0.787. The fourth-order valence-electron chi connectivity index (χ4n) is 2.20. The number of carbonyl (C=O) groups is 1. The summed E-state index contributed by atoms with van der Waals surface area (Å²) in [6.07, 6.45) is 7.02. The second-order valence-electron chi connectivity index (χ2n) is 5.10. The molecule has 1 aromatic carbocycles. The van der Waals surface area contributed by atoms with Gasteiger partial charge in [-0.2, -0.15) is 10.2 Å². The first-order valence-electron chi connectivity index (χ1n) is 7.25. The number of rotatable bonds is 5. The molecule has 0 spiro atoms. The van der Waals surface area contributed by atoms with E-state index < -0.39 is 5.82 Å². The van der Waals surface area contributed by atoms with E-state index in [1.807, 2.05) is 17.8 Å². The molecule has 0 fully saturated rings. The van der Waals surface area contributed by atoms with Crippen LogP contribution in [0.4, 0.5) is 10.1 Å². The maximum Gasteiger partial charge on any atom is 0.255 e. The third-order valence-corrected chi connectivity index (χ3v) is 3.33. The molecular weight excluding hydrogens is 297 g/mol. The fraction of sp³-hybridized carbons (Fsp3) is 0.188. The molecule has 0 radical (unpaired) electrons. The topological polar surface area (TPSA) is 64.7 Å². The third-order valence-electron chi connectivity index (χ3n) is 3.33. The molecular formula is C16H16FN5O. The van der Waals surface area contributed by atoms with Gasteiger partial charge in [0.15, 0.2) is 0 Å². The summed E-state index contributed by atoms with van der Waals surface area (Å²) in [6.45, 7) is 3.40. The van der Waals surface area contributed by atoms with Crippen LogP contribution in [0.2, 0.25) is 0 Å². The molecule has 6 nitrogen and oxygen atoms in total. The normalized spacial score (nSPS) is 10.7. The van der Waals surface area contributed by atoms with Gasteiger partial charge in [0.05, 0.1) is 24.6 Å². The largest absolute Gasteiger partial charge is 0.319 e. The van der Waals surface area contributed by atoms with E-state index in [1.54, 1.807) is 29.3 Å². The van der Waals surface area contributed by atoms with Crippen LogP contribution in [0.3, 0.4) is 0 Å². The van der Waals surface area contributed by atoms with Crippen molar-refractivity contribution >= 4 is 11.6 Å². The van der Waals surface area contributed by atoms with E-state index in [0.29, 0.717) is 12.2 Å². The van der Waals surface area contributed by atoms with E-state index in [1.165, 1.54) is 18.2 Å². The van der Waals surface area contributed by atoms with Crippen molar-refractivity contribution in [1.82, 2.24) is 19.6 Å². The van der Waals surface area contributed by atoms with Gasteiger partial charge in [0.25, 0.3) is 5.91 Å². The third kappa shape index (κ3) is 3.63. The number of aromatic nitrogens is 4. The van der Waals surface area contributed by atoms with Gasteiger partial charge >= 0.3 is 0 Å². The fourth-order valence-corrected chi connectivity index (χ4v) is 2.20. The molecule has 0 aliphatic carbocycles. The van der Waals surface area contributed by atoms with Crippen LogP contribution in [0.25, 0.3) is 0 Å². The molecule has 7 heteroatoms. The summed E-state index contributed by atoms with van der Waals surface area (Å²) in [4.78, 5) is 12.0. The molecule has 0 unspecified atom stereocenters. The van der Waals surface area contributed by atoms with Gasteiger partial charge in [0.1, 0.15) is 5.82 Å². The maximum absolute atomic E-state index is 13.1. The lowest BCUT2D eigenvalue weighted by atomic mass is 10.2. The average Bonchev–Trinajstić information content (AvgIpc) is 3.17. The molecule has 2 heterocycles. The Kier molecular flexibility index (Phi) is 4.18. The zero-order valence-corrected chi connectivity index (χ0v) is 12.6. The van der Waals surface area contributed by atoms with Crippen molar-refractivity contribution in [3.8, 4) is 0 Å². The lowest BCUT2D eigenvalue weighted by Crippen LogP contribution is -2.11. The van der Waals surface area contributed by atoms with E-state index in [0.717, 1.165) is 12.1 Å². The number of benzene rings is 1. The molecule has 2 aromatic heterocycles. The number of hydrogen-bond donors (Lipinski definition) is 1. The number of halogens is 1. The molecule has 1 amide bonds. The van der Waals surface area contributed by atoms with Crippen LogP contribution >= 0.6 is 0 Å². The summed E-state index contributed by atoms with van der Waals surface area (Å²) in [5.41, 5.74) is 1.85. The Morgan fingerprint density at radius 3 is 2.78 bits per heavy atom. The van der Waals surface area contributed by atoms with Crippen molar-refractivity contribution in [3.63, 3.8) is 0 Å². The monoisotopic (exact) mass is 313 g/mol. The molecule has 3 aromatic rings. The SMILES string of the molecule is CCn1cc(Cn2cc(NC(=O)c3cccc(F)c3)cn2)cn1. The number of anilines is 1. The first-order chi connectivity index (χ1) is 11.1. The highest BCUT2D eigenvalue weighted by molar-refractivity contribution is 6.04. The second kappa shape index (κ2) is 6.43. The lowest BCUT2D eigenvalue weighted by molar-refractivity contribution is 0.102. The number of nitrogens with one attached hydrogen (secondary N) is 1. The summed E-state index contributed by atoms with van der Waals surface area (Å²) in [5.74, 6) is -0.816. The highest BCUT2D eigenvalue weighted by Crippen LogP contribution is 2.11. The van der Waals surface area contributed by atoms with Crippen LogP contribution in [0.15, 0.2) is 49.1 Å². The minimum atomic E-state index is -0.443. The van der Waals surface area contributed by atoms with Gasteiger partial charge in [-0.25, -0.2) is 4.39 Å². The van der Waals surface area contributed by atoms with Crippen LogP contribution in [0.5, 0.6) is 0 Å². The van der Waals surface area contributed by atoms with Crippen LogP contribution < -0.4 is 5.32 Å².